The summed E-state index contributed by atoms with van der Waals surface area (Å²) in [6.07, 6.45) is -0.0809. The molecule has 0 bridgehead atoms. The van der Waals surface area contributed by atoms with E-state index >= 15 is 0 Å². The first-order valence-electron chi connectivity index (χ1n) is 7.58. The number of amides is 1. The highest BCUT2D eigenvalue weighted by Gasteiger charge is 2.30. The van der Waals surface area contributed by atoms with E-state index in [9.17, 15) is 13.2 Å². The van der Waals surface area contributed by atoms with Gasteiger partial charge in [-0.2, -0.15) is 4.31 Å². The summed E-state index contributed by atoms with van der Waals surface area (Å²) in [7, 11) is -3.60. The van der Waals surface area contributed by atoms with Crippen LogP contribution in [0.2, 0.25) is 5.02 Å². The number of benzene rings is 1. The van der Waals surface area contributed by atoms with Crippen LogP contribution in [-0.4, -0.2) is 37.0 Å². The summed E-state index contributed by atoms with van der Waals surface area (Å²) in [5, 5.41) is 3.45. The Kier molecular flexibility index (Phi) is 5.28. The van der Waals surface area contributed by atoms with E-state index < -0.39 is 16.1 Å². The zero-order valence-electron chi connectivity index (χ0n) is 13.4. The molecule has 1 amide bonds. The Bertz CT molecular complexity index is 881. The van der Waals surface area contributed by atoms with Crippen LogP contribution < -0.4 is 5.32 Å². The van der Waals surface area contributed by atoms with Gasteiger partial charge in [0.15, 0.2) is 5.13 Å². The van der Waals surface area contributed by atoms with Crippen LogP contribution in [0.15, 0.2) is 29.2 Å². The maximum atomic E-state index is 12.8. The molecule has 2 aromatic rings. The van der Waals surface area contributed by atoms with E-state index in [1.165, 1.54) is 27.8 Å². The second kappa shape index (κ2) is 7.28. The average molecular weight is 402 g/mol. The van der Waals surface area contributed by atoms with Gasteiger partial charge in [0.2, 0.25) is 10.0 Å². The molecule has 134 valence electrons. The molecule has 1 aromatic heterocycles. The van der Waals surface area contributed by atoms with Gasteiger partial charge in [0.05, 0.1) is 23.7 Å². The maximum Gasteiger partial charge on any atom is 0.413 e. The Hall–Kier alpha value is -1.68. The maximum absolute atomic E-state index is 12.8. The number of anilines is 1. The first-order valence-corrected chi connectivity index (χ1v) is 10.2. The molecule has 1 aliphatic rings. The number of hydrogen-bond acceptors (Lipinski definition) is 6. The molecular formula is C15H16ClN3O4S2. The molecule has 0 unspecified atom stereocenters. The molecule has 25 heavy (non-hydrogen) atoms. The summed E-state index contributed by atoms with van der Waals surface area (Å²) in [6.45, 7) is 2.54. The van der Waals surface area contributed by atoms with Crippen LogP contribution in [-0.2, 0) is 27.7 Å². The highest BCUT2D eigenvalue weighted by Crippen LogP contribution is 2.31. The fraction of sp³-hybridized carbons (Fsp3) is 0.333. The van der Waals surface area contributed by atoms with E-state index in [4.69, 9.17) is 16.3 Å². The molecule has 3 rings (SSSR count). The van der Waals surface area contributed by atoms with Crippen molar-refractivity contribution in [3.8, 4) is 0 Å². The standard InChI is InChI=1S/C15H16ClN3O4S2/c1-2-23-15(20)18-14-17-12-7-8-19(9-13(12)24-14)25(21,22)11-5-3-10(16)4-6-11/h3-6H,2,7-9H2,1H3,(H,17,18,20). The molecule has 1 N–H and O–H groups in total. The van der Waals surface area contributed by atoms with E-state index in [2.05, 4.69) is 10.3 Å². The van der Waals surface area contributed by atoms with Gasteiger partial charge in [0.25, 0.3) is 0 Å². The predicted octanol–water partition coefficient (Wildman–Crippen LogP) is 3.11. The number of rotatable bonds is 4. The minimum Gasteiger partial charge on any atom is -0.450 e. The lowest BCUT2D eigenvalue weighted by atomic mass is 10.2. The van der Waals surface area contributed by atoms with Crippen molar-refractivity contribution in [3.63, 3.8) is 0 Å². The van der Waals surface area contributed by atoms with E-state index in [1.54, 1.807) is 19.1 Å². The van der Waals surface area contributed by atoms with Crippen molar-refractivity contribution < 1.29 is 17.9 Å². The third-order valence-corrected chi connectivity index (χ3v) is 6.74. The second-order valence-corrected chi connectivity index (χ2v) is 8.73. The van der Waals surface area contributed by atoms with E-state index in [-0.39, 0.29) is 18.0 Å². The number of carbonyl (C=O) groups is 1. The molecule has 0 atom stereocenters. The monoisotopic (exact) mass is 401 g/mol. The highest BCUT2D eigenvalue weighted by atomic mass is 35.5. The lowest BCUT2D eigenvalue weighted by Gasteiger charge is -2.25. The predicted molar refractivity (Wildman–Crippen MR) is 95.5 cm³/mol. The number of nitrogens with zero attached hydrogens (tertiary/aromatic N) is 2. The van der Waals surface area contributed by atoms with Crippen LogP contribution in [0.5, 0.6) is 0 Å². The lowest BCUT2D eigenvalue weighted by Crippen LogP contribution is -2.35. The zero-order valence-corrected chi connectivity index (χ0v) is 15.7. The Morgan fingerprint density at radius 3 is 2.80 bits per heavy atom. The van der Waals surface area contributed by atoms with Crippen LogP contribution in [0.3, 0.4) is 0 Å². The molecule has 2 heterocycles. The van der Waals surface area contributed by atoms with Gasteiger partial charge in [0.1, 0.15) is 0 Å². The first kappa shape index (κ1) is 18.1. The van der Waals surface area contributed by atoms with Crippen LogP contribution in [0.1, 0.15) is 17.5 Å². The fourth-order valence-corrected chi connectivity index (χ4v) is 5.07. The van der Waals surface area contributed by atoms with Crippen molar-refractivity contribution in [2.24, 2.45) is 0 Å². The van der Waals surface area contributed by atoms with Crippen LogP contribution in [0.25, 0.3) is 0 Å². The van der Waals surface area contributed by atoms with Crippen LogP contribution in [0.4, 0.5) is 9.93 Å². The van der Waals surface area contributed by atoms with Crippen molar-refractivity contribution in [3.05, 3.63) is 39.9 Å². The van der Waals surface area contributed by atoms with E-state index in [0.29, 0.717) is 23.1 Å². The Morgan fingerprint density at radius 1 is 1.40 bits per heavy atom. The van der Waals surface area contributed by atoms with E-state index in [1.807, 2.05) is 0 Å². The van der Waals surface area contributed by atoms with Gasteiger partial charge in [-0.05, 0) is 31.2 Å². The largest absolute Gasteiger partial charge is 0.450 e. The molecule has 0 saturated carbocycles. The van der Waals surface area contributed by atoms with Gasteiger partial charge in [-0.15, -0.1) is 0 Å². The number of ether oxygens (including phenoxy) is 1. The number of halogens is 1. The molecule has 10 heteroatoms. The normalized spacial score (nSPS) is 14.8. The summed E-state index contributed by atoms with van der Waals surface area (Å²) in [5.41, 5.74) is 0.805. The summed E-state index contributed by atoms with van der Waals surface area (Å²) in [4.78, 5) is 16.8. The molecule has 1 aliphatic heterocycles. The minimum absolute atomic E-state index is 0.203. The van der Waals surface area contributed by atoms with Crippen molar-refractivity contribution in [2.45, 2.75) is 24.8 Å². The van der Waals surface area contributed by atoms with Crippen LogP contribution >= 0.6 is 22.9 Å². The average Bonchev–Trinajstić information content (AvgIpc) is 2.96. The lowest BCUT2D eigenvalue weighted by molar-refractivity contribution is 0.168. The number of carbonyl (C=O) groups excluding carboxylic acids is 1. The second-order valence-electron chi connectivity index (χ2n) is 5.28. The summed E-state index contributed by atoms with van der Waals surface area (Å²) < 4.78 is 31.7. The van der Waals surface area contributed by atoms with Gasteiger partial charge in [-0.1, -0.05) is 22.9 Å². The zero-order chi connectivity index (χ0) is 18.0. The molecule has 0 saturated heterocycles. The van der Waals surface area contributed by atoms with E-state index in [0.717, 1.165) is 10.6 Å². The summed E-state index contributed by atoms with van der Waals surface area (Å²) >= 11 is 7.08. The summed E-state index contributed by atoms with van der Waals surface area (Å²) in [5.74, 6) is 0. The number of thiazole rings is 1. The van der Waals surface area contributed by atoms with Gasteiger partial charge >= 0.3 is 6.09 Å². The van der Waals surface area contributed by atoms with Crippen LogP contribution in [0, 0.1) is 0 Å². The molecular weight excluding hydrogens is 386 g/mol. The van der Waals surface area contributed by atoms with Crippen molar-refractivity contribution in [1.82, 2.24) is 9.29 Å². The van der Waals surface area contributed by atoms with Gasteiger partial charge in [-0.25, -0.2) is 18.2 Å². The third kappa shape index (κ3) is 3.95. The number of aromatic nitrogens is 1. The number of hydrogen-bond donors (Lipinski definition) is 1. The van der Waals surface area contributed by atoms with Crippen molar-refractivity contribution in [2.75, 3.05) is 18.5 Å². The SMILES string of the molecule is CCOC(=O)Nc1nc2c(s1)CN(S(=O)(=O)c1ccc(Cl)cc1)CC2. The van der Waals surface area contributed by atoms with Gasteiger partial charge < -0.3 is 4.74 Å². The van der Waals surface area contributed by atoms with Gasteiger partial charge in [-0.3, -0.25) is 5.32 Å². The topological polar surface area (TPSA) is 88.6 Å². The molecule has 0 fully saturated rings. The quantitative estimate of drug-likeness (QED) is 0.850. The molecule has 1 aromatic carbocycles. The Morgan fingerprint density at radius 2 is 2.12 bits per heavy atom. The Balaban J connectivity index is 1.77. The molecule has 0 spiro atoms. The summed E-state index contributed by atoms with van der Waals surface area (Å²) in [6, 6.07) is 6.09. The number of nitrogens with one attached hydrogen (secondary N) is 1. The molecule has 7 nitrogen and oxygen atoms in total. The minimum atomic E-state index is -3.60. The van der Waals surface area contributed by atoms with Crippen molar-refractivity contribution >= 4 is 44.2 Å². The fourth-order valence-electron chi connectivity index (χ4n) is 2.44. The van der Waals surface area contributed by atoms with Crippen molar-refractivity contribution in [1.29, 1.82) is 0 Å². The molecule has 0 aliphatic carbocycles. The first-order chi connectivity index (χ1) is 11.9. The number of fused-ring (bicyclic) bond motifs is 1. The third-order valence-electron chi connectivity index (χ3n) is 3.63. The van der Waals surface area contributed by atoms with Gasteiger partial charge in [0, 0.05) is 22.9 Å². The Labute approximate surface area is 154 Å². The highest BCUT2D eigenvalue weighted by molar-refractivity contribution is 7.89. The molecule has 0 radical (unpaired) electrons. The smallest absolute Gasteiger partial charge is 0.413 e. The number of sulfonamides is 1.